The van der Waals surface area contributed by atoms with Gasteiger partial charge in [0.25, 0.3) is 0 Å². The molecular weight excluding hydrogens is 280 g/mol. The maximum Gasteiger partial charge on any atom is 0.313 e. The first kappa shape index (κ1) is 14.4. The van der Waals surface area contributed by atoms with Crippen LogP contribution in [-0.4, -0.2) is 41.4 Å². The first-order valence-electron chi connectivity index (χ1n) is 6.06. The van der Waals surface area contributed by atoms with Crippen LogP contribution >= 0.6 is 11.8 Å². The molecule has 0 aromatic carbocycles. The number of nitrogen functional groups attached to an aromatic ring is 1. The van der Waals surface area contributed by atoms with E-state index in [4.69, 9.17) is 10.8 Å². The number of thioether (sulfide) groups is 1. The number of hydrogen-bond acceptors (Lipinski definition) is 6. The molecule has 0 unspecified atom stereocenters. The quantitative estimate of drug-likeness (QED) is 0.741. The van der Waals surface area contributed by atoms with Crippen LogP contribution in [0.4, 0.5) is 5.95 Å². The summed E-state index contributed by atoms with van der Waals surface area (Å²) in [5.74, 6) is -0.714. The number of aromatic nitrogens is 5. The molecule has 0 spiro atoms. The second-order valence-electron chi connectivity index (χ2n) is 4.24. The highest BCUT2D eigenvalue weighted by Crippen LogP contribution is 2.20. The van der Waals surface area contributed by atoms with Gasteiger partial charge in [-0.05, 0) is 6.42 Å². The highest BCUT2D eigenvalue weighted by molar-refractivity contribution is 7.99. The summed E-state index contributed by atoms with van der Waals surface area (Å²) in [4.78, 5) is 10.6. The van der Waals surface area contributed by atoms with Gasteiger partial charge in [-0.2, -0.15) is 5.10 Å². The third kappa shape index (κ3) is 3.10. The van der Waals surface area contributed by atoms with Gasteiger partial charge in [0.15, 0.2) is 5.16 Å². The normalized spacial score (nSPS) is 10.9. The van der Waals surface area contributed by atoms with Gasteiger partial charge in [0, 0.05) is 18.8 Å². The first-order valence-corrected chi connectivity index (χ1v) is 7.04. The molecule has 0 aliphatic carbocycles. The van der Waals surface area contributed by atoms with E-state index in [9.17, 15) is 4.79 Å². The summed E-state index contributed by atoms with van der Waals surface area (Å²) in [7, 11) is 1.86. The summed E-state index contributed by atoms with van der Waals surface area (Å²) < 4.78 is 3.45. The lowest BCUT2D eigenvalue weighted by Gasteiger charge is -2.06. The van der Waals surface area contributed by atoms with Gasteiger partial charge < -0.3 is 10.8 Å². The minimum Gasteiger partial charge on any atom is -0.481 e. The fourth-order valence-electron chi connectivity index (χ4n) is 1.87. The van der Waals surface area contributed by atoms with Crippen molar-refractivity contribution in [3.8, 4) is 0 Å². The molecule has 0 radical (unpaired) electrons. The average Bonchev–Trinajstić information content (AvgIpc) is 2.92. The van der Waals surface area contributed by atoms with E-state index in [1.54, 1.807) is 9.25 Å². The average molecular weight is 296 g/mol. The van der Waals surface area contributed by atoms with E-state index in [0.29, 0.717) is 11.7 Å². The van der Waals surface area contributed by atoms with Crippen LogP contribution in [-0.2, 0) is 24.8 Å². The molecule has 0 aliphatic rings. The lowest BCUT2D eigenvalue weighted by Crippen LogP contribution is -2.08. The zero-order valence-corrected chi connectivity index (χ0v) is 12.1. The van der Waals surface area contributed by atoms with E-state index in [0.717, 1.165) is 29.4 Å². The Labute approximate surface area is 120 Å². The molecule has 0 saturated carbocycles. The highest BCUT2D eigenvalue weighted by atomic mass is 32.2. The van der Waals surface area contributed by atoms with Crippen LogP contribution in [0.25, 0.3) is 0 Å². The van der Waals surface area contributed by atoms with Gasteiger partial charge in [0.2, 0.25) is 5.95 Å². The number of hydrogen-bond donors (Lipinski definition) is 2. The Kier molecular flexibility index (Phi) is 4.28. The van der Waals surface area contributed by atoms with Crippen LogP contribution in [0.3, 0.4) is 0 Å². The zero-order chi connectivity index (χ0) is 14.7. The molecule has 2 aromatic heterocycles. The maximum absolute atomic E-state index is 10.6. The van der Waals surface area contributed by atoms with Crippen LogP contribution in [0.2, 0.25) is 0 Å². The number of carboxylic acid groups (broad SMARTS) is 1. The van der Waals surface area contributed by atoms with Gasteiger partial charge in [0.1, 0.15) is 0 Å². The number of nitrogens with zero attached hydrogens (tertiary/aromatic N) is 5. The third-order valence-electron chi connectivity index (χ3n) is 2.73. The summed E-state index contributed by atoms with van der Waals surface area (Å²) in [6.07, 6.45) is 2.74. The van der Waals surface area contributed by atoms with Gasteiger partial charge >= 0.3 is 5.97 Å². The standard InChI is InChI=1S/C11H16N6O2S/c1-3-8-7(4-16(2)15-8)5-17-10(12)13-14-11(17)20-6-9(18)19/h4H,3,5-6H2,1-2H3,(H2,12,13)(H,18,19). The smallest absolute Gasteiger partial charge is 0.313 e. The summed E-state index contributed by atoms with van der Waals surface area (Å²) >= 11 is 1.10. The topological polar surface area (TPSA) is 112 Å². The van der Waals surface area contributed by atoms with Crippen molar-refractivity contribution >= 4 is 23.7 Å². The Morgan fingerprint density at radius 1 is 1.50 bits per heavy atom. The van der Waals surface area contributed by atoms with E-state index >= 15 is 0 Å². The highest BCUT2D eigenvalue weighted by Gasteiger charge is 2.15. The number of rotatable bonds is 6. The molecule has 20 heavy (non-hydrogen) atoms. The lowest BCUT2D eigenvalue weighted by molar-refractivity contribution is -0.133. The number of aryl methyl sites for hydroxylation is 2. The molecule has 0 saturated heterocycles. The van der Waals surface area contributed by atoms with Crippen LogP contribution in [0.5, 0.6) is 0 Å². The van der Waals surface area contributed by atoms with Crippen molar-refractivity contribution in [1.29, 1.82) is 0 Å². The molecule has 8 nitrogen and oxygen atoms in total. The van der Waals surface area contributed by atoms with Gasteiger partial charge in [0.05, 0.1) is 18.0 Å². The third-order valence-corrected chi connectivity index (χ3v) is 3.68. The van der Waals surface area contributed by atoms with Gasteiger partial charge in [-0.15, -0.1) is 10.2 Å². The van der Waals surface area contributed by atoms with E-state index in [2.05, 4.69) is 15.3 Å². The van der Waals surface area contributed by atoms with Gasteiger partial charge in [-0.25, -0.2) is 0 Å². The van der Waals surface area contributed by atoms with E-state index in [1.165, 1.54) is 0 Å². The Morgan fingerprint density at radius 2 is 2.25 bits per heavy atom. The van der Waals surface area contributed by atoms with Crippen molar-refractivity contribution in [2.24, 2.45) is 7.05 Å². The van der Waals surface area contributed by atoms with E-state index < -0.39 is 5.97 Å². The van der Waals surface area contributed by atoms with Crippen molar-refractivity contribution in [1.82, 2.24) is 24.5 Å². The largest absolute Gasteiger partial charge is 0.481 e. The molecule has 2 aromatic rings. The molecule has 9 heteroatoms. The summed E-state index contributed by atoms with van der Waals surface area (Å²) in [6.45, 7) is 2.51. The minimum atomic E-state index is -0.904. The number of carboxylic acids is 1. The minimum absolute atomic E-state index is 0.0776. The molecule has 0 atom stereocenters. The number of carbonyl (C=O) groups is 1. The van der Waals surface area contributed by atoms with E-state index in [1.807, 2.05) is 20.2 Å². The fourth-order valence-corrected chi connectivity index (χ4v) is 2.53. The Bertz CT molecular complexity index is 620. The monoisotopic (exact) mass is 296 g/mol. The van der Waals surface area contributed by atoms with Crippen LogP contribution < -0.4 is 5.73 Å². The number of anilines is 1. The first-order chi connectivity index (χ1) is 9.51. The molecule has 2 rings (SSSR count). The zero-order valence-electron chi connectivity index (χ0n) is 11.3. The van der Waals surface area contributed by atoms with Crippen molar-refractivity contribution in [2.45, 2.75) is 25.0 Å². The van der Waals surface area contributed by atoms with Crippen molar-refractivity contribution in [2.75, 3.05) is 11.5 Å². The summed E-state index contributed by atoms with van der Waals surface area (Å²) in [5, 5.41) is 21.3. The Balaban J connectivity index is 2.23. The van der Waals surface area contributed by atoms with Gasteiger partial charge in [-0.3, -0.25) is 14.0 Å². The number of aliphatic carboxylic acids is 1. The van der Waals surface area contributed by atoms with E-state index in [-0.39, 0.29) is 11.7 Å². The molecule has 3 N–H and O–H groups in total. The molecule has 0 fully saturated rings. The van der Waals surface area contributed by atoms with Crippen molar-refractivity contribution in [3.63, 3.8) is 0 Å². The predicted octanol–water partition coefficient (Wildman–Crippen LogP) is 0.381. The van der Waals surface area contributed by atoms with Crippen LogP contribution in [0.1, 0.15) is 18.2 Å². The predicted molar refractivity (Wildman–Crippen MR) is 74.5 cm³/mol. The SMILES string of the molecule is CCc1nn(C)cc1Cn1c(N)nnc1SCC(=O)O. The van der Waals surface area contributed by atoms with Gasteiger partial charge in [-0.1, -0.05) is 18.7 Å². The number of nitrogens with two attached hydrogens (primary N) is 1. The van der Waals surface area contributed by atoms with Crippen LogP contribution in [0, 0.1) is 0 Å². The second-order valence-corrected chi connectivity index (χ2v) is 5.18. The molecule has 108 valence electrons. The summed E-state index contributed by atoms with van der Waals surface area (Å²) in [6, 6.07) is 0. The Hall–Kier alpha value is -2.03. The molecule has 2 heterocycles. The van der Waals surface area contributed by atoms with Crippen LogP contribution in [0.15, 0.2) is 11.4 Å². The molecule has 0 aliphatic heterocycles. The molecular formula is C11H16N6O2S. The fraction of sp³-hybridized carbons (Fsp3) is 0.455. The van der Waals surface area contributed by atoms with Crippen molar-refractivity contribution < 1.29 is 9.90 Å². The Morgan fingerprint density at radius 3 is 2.90 bits per heavy atom. The maximum atomic E-state index is 10.6. The second kappa shape index (κ2) is 5.95. The molecule has 0 bridgehead atoms. The summed E-state index contributed by atoms with van der Waals surface area (Å²) in [5.41, 5.74) is 7.80. The molecule has 0 amide bonds. The van der Waals surface area contributed by atoms with Crippen molar-refractivity contribution in [3.05, 3.63) is 17.5 Å². The lowest BCUT2D eigenvalue weighted by atomic mass is 10.2.